The van der Waals surface area contributed by atoms with Crippen LogP contribution in [0.15, 0.2) is 127 Å². The Labute approximate surface area is 293 Å². The molecule has 0 aromatic heterocycles. The lowest BCUT2D eigenvalue weighted by atomic mass is 9.59. The van der Waals surface area contributed by atoms with E-state index in [1.54, 1.807) is 26.4 Å². The highest BCUT2D eigenvalue weighted by molar-refractivity contribution is 6.42. The number of allylic oxidation sites excluding steroid dienone is 2. The van der Waals surface area contributed by atoms with Gasteiger partial charge in [0.25, 0.3) is 0 Å². The fourth-order valence-corrected chi connectivity index (χ4v) is 9.03. The quantitative estimate of drug-likeness (QED) is 0.162. The highest BCUT2D eigenvalue weighted by Crippen LogP contribution is 2.74. The van der Waals surface area contributed by atoms with E-state index in [0.717, 1.165) is 11.1 Å². The van der Waals surface area contributed by atoms with Gasteiger partial charge < -0.3 is 9.47 Å². The summed E-state index contributed by atoms with van der Waals surface area (Å²) in [5, 5.41) is 0.532. The van der Waals surface area contributed by atoms with Crippen LogP contribution in [-0.2, 0) is 25.2 Å². The summed E-state index contributed by atoms with van der Waals surface area (Å²) in [6.45, 7) is 0. The second-order valence-corrected chi connectivity index (χ2v) is 13.3. The molecule has 8 heteroatoms. The number of hydrogen-bond donors (Lipinski definition) is 0. The number of Topliss-reactive ketones (excluding diaryl/α,β-unsaturated/α-hetero) is 1. The highest BCUT2D eigenvalue weighted by atomic mass is 35.5. The molecule has 6 nitrogen and oxygen atoms in total. The molecule has 0 unspecified atom stereocenters. The molecule has 5 aromatic rings. The molecule has 2 amide bonds. The first kappa shape index (κ1) is 31.1. The van der Waals surface area contributed by atoms with Crippen molar-refractivity contribution in [3.05, 3.63) is 160 Å². The van der Waals surface area contributed by atoms with Crippen molar-refractivity contribution in [3.63, 3.8) is 0 Å². The number of imide groups is 1. The molecule has 1 heterocycles. The van der Waals surface area contributed by atoms with Gasteiger partial charge in [-0.2, -0.15) is 0 Å². The molecule has 3 aliphatic rings. The van der Waals surface area contributed by atoms with E-state index < -0.39 is 34.5 Å². The van der Waals surface area contributed by atoms with Crippen LogP contribution in [0.3, 0.4) is 0 Å². The summed E-state index contributed by atoms with van der Waals surface area (Å²) in [4.78, 5) is 47.5. The summed E-state index contributed by atoms with van der Waals surface area (Å²) in [5.41, 5.74) is 1.22. The molecule has 1 saturated carbocycles. The second kappa shape index (κ2) is 11.5. The van der Waals surface area contributed by atoms with E-state index in [1.165, 1.54) is 11.0 Å². The Kier molecular flexibility index (Phi) is 7.28. The third-order valence-electron chi connectivity index (χ3n) is 10.4. The molecule has 242 valence electrons. The smallest absolute Gasteiger partial charge is 0.239 e. The van der Waals surface area contributed by atoms with E-state index >= 15 is 14.4 Å². The molecule has 8 rings (SSSR count). The molecule has 0 N–H and O–H groups in total. The van der Waals surface area contributed by atoms with Crippen molar-refractivity contribution in [2.24, 2.45) is 11.8 Å². The normalized spacial score (nSPS) is 24.1. The molecule has 49 heavy (non-hydrogen) atoms. The van der Waals surface area contributed by atoms with Gasteiger partial charge in [-0.1, -0.05) is 108 Å². The van der Waals surface area contributed by atoms with Gasteiger partial charge in [-0.05, 0) is 75.9 Å². The van der Waals surface area contributed by atoms with Gasteiger partial charge in [-0.25, -0.2) is 4.90 Å². The molecule has 1 saturated heterocycles. The first-order valence-corrected chi connectivity index (χ1v) is 16.6. The van der Waals surface area contributed by atoms with Gasteiger partial charge in [0.2, 0.25) is 11.8 Å². The van der Waals surface area contributed by atoms with Crippen LogP contribution >= 0.6 is 23.2 Å². The number of fused-ring (bicyclic) bond motifs is 5. The van der Waals surface area contributed by atoms with E-state index in [-0.39, 0.29) is 16.5 Å². The van der Waals surface area contributed by atoms with Crippen LogP contribution in [0, 0.1) is 11.8 Å². The molecular formula is C41H29Cl2NO5. The van der Waals surface area contributed by atoms with Crippen molar-refractivity contribution in [2.45, 2.75) is 10.8 Å². The van der Waals surface area contributed by atoms with Gasteiger partial charge in [-0.15, -0.1) is 0 Å². The molecule has 0 spiro atoms. The summed E-state index contributed by atoms with van der Waals surface area (Å²) in [6, 6.07) is 38.5. The molecule has 2 bridgehead atoms. The van der Waals surface area contributed by atoms with Gasteiger partial charge in [0.15, 0.2) is 5.78 Å². The average molecular weight is 687 g/mol. The summed E-state index contributed by atoms with van der Waals surface area (Å²) >= 11 is 12.9. The van der Waals surface area contributed by atoms with Crippen molar-refractivity contribution < 1.29 is 23.9 Å². The number of anilines is 1. The van der Waals surface area contributed by atoms with Crippen LogP contribution in [-0.4, -0.2) is 31.8 Å². The predicted octanol–water partition coefficient (Wildman–Crippen LogP) is 8.20. The SMILES string of the molecule is COc1ccc(C2=C(c3ccc(OC)cc3)[C@@]3(c4ccccc4)C(=O)[C@@]2(c2ccccc2)[C@H]2C(=O)N(c4ccc(Cl)cc4Cl)C(=O)[C@@H]23)cc1. The molecule has 2 aliphatic carbocycles. The molecule has 0 radical (unpaired) electrons. The number of benzene rings is 5. The van der Waals surface area contributed by atoms with Crippen molar-refractivity contribution in [2.75, 3.05) is 19.1 Å². The van der Waals surface area contributed by atoms with Crippen molar-refractivity contribution in [1.29, 1.82) is 0 Å². The number of amides is 2. The van der Waals surface area contributed by atoms with Crippen LogP contribution < -0.4 is 14.4 Å². The van der Waals surface area contributed by atoms with Crippen LogP contribution in [0.4, 0.5) is 5.69 Å². The van der Waals surface area contributed by atoms with E-state index in [1.807, 2.05) is 109 Å². The number of carbonyl (C=O) groups excluding carboxylic acids is 3. The van der Waals surface area contributed by atoms with E-state index in [4.69, 9.17) is 32.7 Å². The highest BCUT2D eigenvalue weighted by Gasteiger charge is 2.82. The molecular weight excluding hydrogens is 657 g/mol. The Morgan fingerprint density at radius 3 is 1.39 bits per heavy atom. The van der Waals surface area contributed by atoms with Crippen molar-refractivity contribution in [3.8, 4) is 11.5 Å². The van der Waals surface area contributed by atoms with Crippen molar-refractivity contribution in [1.82, 2.24) is 0 Å². The Morgan fingerprint density at radius 2 is 1.00 bits per heavy atom. The van der Waals surface area contributed by atoms with Crippen LogP contribution in [0.1, 0.15) is 22.3 Å². The first-order chi connectivity index (χ1) is 23.8. The lowest BCUT2D eigenvalue weighted by Gasteiger charge is -2.39. The number of carbonyl (C=O) groups is 3. The minimum absolute atomic E-state index is 0.161. The minimum Gasteiger partial charge on any atom is -0.497 e. The number of methoxy groups -OCH3 is 2. The summed E-state index contributed by atoms with van der Waals surface area (Å²) < 4.78 is 11.0. The van der Waals surface area contributed by atoms with E-state index in [9.17, 15) is 0 Å². The monoisotopic (exact) mass is 685 g/mol. The number of halogens is 2. The standard InChI is InChI=1S/C41H29Cl2NO5/c1-48-29-18-13-24(14-19-29)33-34(25-15-20-30(49-2)21-16-25)41(27-11-7-4-8-12-27)36-35(40(33,39(41)47)26-9-5-3-6-10-26)37(45)44(38(36)46)32-22-17-28(42)23-31(32)43/h3-23,35-36H,1-2H3/t35-,36-,40-,41-/m1/s1. The Balaban J connectivity index is 1.54. The topological polar surface area (TPSA) is 72.9 Å². The number of ether oxygens (including phenoxy) is 2. The van der Waals surface area contributed by atoms with Gasteiger partial charge in [0, 0.05) is 5.02 Å². The average Bonchev–Trinajstić information content (AvgIpc) is 3.64. The summed E-state index contributed by atoms with van der Waals surface area (Å²) in [5.74, 6) is -2.08. The van der Waals surface area contributed by atoms with Crippen molar-refractivity contribution >= 4 is 57.6 Å². The second-order valence-electron chi connectivity index (χ2n) is 12.4. The van der Waals surface area contributed by atoms with Crippen LogP contribution in [0.5, 0.6) is 11.5 Å². The number of nitrogens with zero attached hydrogens (tertiary/aromatic N) is 1. The fourth-order valence-electron chi connectivity index (χ4n) is 8.54. The zero-order chi connectivity index (χ0) is 34.1. The maximum Gasteiger partial charge on any atom is 0.239 e. The van der Waals surface area contributed by atoms with E-state index in [2.05, 4.69) is 0 Å². The fraction of sp³-hybridized carbons (Fsp3) is 0.146. The third-order valence-corrected chi connectivity index (χ3v) is 10.9. The lowest BCUT2D eigenvalue weighted by molar-refractivity contribution is -0.130. The number of rotatable bonds is 7. The van der Waals surface area contributed by atoms with Gasteiger partial charge in [-0.3, -0.25) is 14.4 Å². The molecule has 2 fully saturated rings. The lowest BCUT2D eigenvalue weighted by Crippen LogP contribution is -2.45. The maximum absolute atomic E-state index is 16.0. The van der Waals surface area contributed by atoms with E-state index in [0.29, 0.717) is 38.8 Å². The molecule has 5 aromatic carbocycles. The molecule has 1 aliphatic heterocycles. The van der Waals surface area contributed by atoms with Crippen LogP contribution in [0.25, 0.3) is 11.1 Å². The summed E-state index contributed by atoms with van der Waals surface area (Å²) in [6.07, 6.45) is 0. The van der Waals surface area contributed by atoms with Gasteiger partial charge >= 0.3 is 0 Å². The number of hydrogen-bond acceptors (Lipinski definition) is 5. The number of ketones is 1. The Bertz CT molecular complexity index is 2050. The largest absolute Gasteiger partial charge is 0.497 e. The van der Waals surface area contributed by atoms with Gasteiger partial charge in [0.05, 0.1) is 47.6 Å². The van der Waals surface area contributed by atoms with Gasteiger partial charge in [0.1, 0.15) is 11.5 Å². The zero-order valence-electron chi connectivity index (χ0n) is 26.5. The first-order valence-electron chi connectivity index (χ1n) is 15.8. The Morgan fingerprint density at radius 1 is 0.571 bits per heavy atom. The third kappa shape index (κ3) is 4.11. The molecule has 4 atom stereocenters. The van der Waals surface area contributed by atoms with Crippen LogP contribution in [0.2, 0.25) is 10.0 Å². The maximum atomic E-state index is 16.0. The predicted molar refractivity (Wildman–Crippen MR) is 190 cm³/mol. The minimum atomic E-state index is -1.55. The summed E-state index contributed by atoms with van der Waals surface area (Å²) in [7, 11) is 3.19. The zero-order valence-corrected chi connectivity index (χ0v) is 28.0. The Hall–Kier alpha value is -5.17.